The van der Waals surface area contributed by atoms with E-state index in [1.54, 1.807) is 0 Å². The zero-order valence-electron chi connectivity index (χ0n) is 16.2. The molecule has 2 atom stereocenters. The van der Waals surface area contributed by atoms with Gasteiger partial charge in [-0.1, -0.05) is 0 Å². The van der Waals surface area contributed by atoms with Gasteiger partial charge in [0.05, 0.1) is 13.2 Å². The van der Waals surface area contributed by atoms with Gasteiger partial charge in [-0.05, 0) is 80.9 Å². The highest BCUT2D eigenvalue weighted by molar-refractivity contribution is 5.53. The van der Waals surface area contributed by atoms with E-state index in [9.17, 15) is 0 Å². The van der Waals surface area contributed by atoms with Crippen molar-refractivity contribution < 1.29 is 18.9 Å². The minimum Gasteiger partial charge on any atom is -0.490 e. The minimum atomic E-state index is 0.252. The standard InChI is InChI=1S/C23H30O4/c1-14-2-20(26-12-18-10-24-18)22(21(3-14)27-13-19-11-25-19)23-7-15-4-16(8-23)6-17(5-15)9-23/h2-3,15-19H,4-13H2,1H3. The molecule has 4 aliphatic carbocycles. The molecule has 0 aromatic heterocycles. The first-order chi connectivity index (χ1) is 13.2. The van der Waals surface area contributed by atoms with E-state index in [2.05, 4.69) is 19.1 Å². The number of hydrogen-bond donors (Lipinski definition) is 0. The molecular formula is C23H30O4. The number of epoxide rings is 2. The van der Waals surface area contributed by atoms with Gasteiger partial charge in [0.2, 0.25) is 0 Å². The minimum absolute atomic E-state index is 0.252. The molecule has 6 fully saturated rings. The van der Waals surface area contributed by atoms with Crippen LogP contribution in [0.2, 0.25) is 0 Å². The van der Waals surface area contributed by atoms with Crippen LogP contribution in [0.4, 0.5) is 0 Å². The molecule has 4 heteroatoms. The van der Waals surface area contributed by atoms with Crippen LogP contribution in [-0.2, 0) is 14.9 Å². The number of aryl methyl sites for hydroxylation is 1. The van der Waals surface area contributed by atoms with Gasteiger partial charge in [-0.3, -0.25) is 0 Å². The molecule has 7 rings (SSSR count). The van der Waals surface area contributed by atoms with Gasteiger partial charge in [-0.15, -0.1) is 0 Å². The van der Waals surface area contributed by atoms with Crippen molar-refractivity contribution in [1.29, 1.82) is 0 Å². The lowest BCUT2D eigenvalue weighted by atomic mass is 9.48. The molecule has 2 saturated heterocycles. The lowest BCUT2D eigenvalue weighted by molar-refractivity contribution is -0.00777. The van der Waals surface area contributed by atoms with Crippen LogP contribution >= 0.6 is 0 Å². The quantitative estimate of drug-likeness (QED) is 0.680. The van der Waals surface area contributed by atoms with Gasteiger partial charge in [0.1, 0.15) is 36.9 Å². The smallest absolute Gasteiger partial charge is 0.127 e. The summed E-state index contributed by atoms with van der Waals surface area (Å²) in [5, 5.41) is 0. The van der Waals surface area contributed by atoms with Crippen molar-refractivity contribution in [3.8, 4) is 11.5 Å². The second-order valence-corrected chi connectivity index (χ2v) is 9.87. The van der Waals surface area contributed by atoms with Crippen LogP contribution < -0.4 is 9.47 Å². The van der Waals surface area contributed by atoms with E-state index in [4.69, 9.17) is 18.9 Å². The van der Waals surface area contributed by atoms with Crippen molar-refractivity contribution in [2.24, 2.45) is 17.8 Å². The summed E-state index contributed by atoms with van der Waals surface area (Å²) < 4.78 is 23.5. The first-order valence-electron chi connectivity index (χ1n) is 10.8. The molecule has 6 aliphatic rings. The molecule has 2 unspecified atom stereocenters. The van der Waals surface area contributed by atoms with Crippen LogP contribution in [0.1, 0.15) is 49.7 Å². The Morgan fingerprint density at radius 3 is 1.70 bits per heavy atom. The van der Waals surface area contributed by atoms with Crippen molar-refractivity contribution in [2.45, 2.75) is 63.1 Å². The Balaban J connectivity index is 1.40. The normalized spacial score (nSPS) is 40.9. The van der Waals surface area contributed by atoms with E-state index in [0.717, 1.165) is 42.5 Å². The lowest BCUT2D eigenvalue weighted by Gasteiger charge is -2.57. The Bertz CT molecular complexity index is 662. The van der Waals surface area contributed by atoms with E-state index in [-0.39, 0.29) is 17.6 Å². The van der Waals surface area contributed by atoms with Gasteiger partial charge in [-0.2, -0.15) is 0 Å². The van der Waals surface area contributed by atoms with Crippen LogP contribution in [0, 0.1) is 24.7 Å². The molecule has 0 amide bonds. The molecule has 1 aromatic carbocycles. The van der Waals surface area contributed by atoms with Gasteiger partial charge in [0, 0.05) is 11.0 Å². The summed E-state index contributed by atoms with van der Waals surface area (Å²) >= 11 is 0. The van der Waals surface area contributed by atoms with Crippen molar-refractivity contribution in [1.82, 2.24) is 0 Å². The topological polar surface area (TPSA) is 43.5 Å². The molecule has 0 radical (unpaired) electrons. The highest BCUT2D eigenvalue weighted by atomic mass is 16.6. The molecule has 0 spiro atoms. The van der Waals surface area contributed by atoms with Crippen molar-refractivity contribution in [3.05, 3.63) is 23.3 Å². The Hall–Kier alpha value is -1.26. The molecule has 4 nitrogen and oxygen atoms in total. The Labute approximate surface area is 161 Å². The third-order valence-electron chi connectivity index (χ3n) is 7.43. The second kappa shape index (κ2) is 6.12. The van der Waals surface area contributed by atoms with Crippen LogP contribution in [0.5, 0.6) is 11.5 Å². The highest BCUT2D eigenvalue weighted by Gasteiger charge is 2.53. The van der Waals surface area contributed by atoms with Crippen LogP contribution in [-0.4, -0.2) is 38.6 Å². The summed E-state index contributed by atoms with van der Waals surface area (Å²) in [4.78, 5) is 0. The van der Waals surface area contributed by atoms with Gasteiger partial charge in [0.15, 0.2) is 0 Å². The molecule has 2 heterocycles. The second-order valence-electron chi connectivity index (χ2n) is 9.87. The fourth-order valence-corrected chi connectivity index (χ4v) is 6.58. The maximum atomic E-state index is 6.36. The summed E-state index contributed by atoms with van der Waals surface area (Å²) in [5.41, 5.74) is 2.83. The summed E-state index contributed by atoms with van der Waals surface area (Å²) in [6.45, 7) is 5.13. The third-order valence-corrected chi connectivity index (χ3v) is 7.43. The Kier molecular flexibility index (Phi) is 3.78. The predicted octanol–water partition coefficient (Wildman–Crippen LogP) is 4.02. The fourth-order valence-electron chi connectivity index (χ4n) is 6.58. The first-order valence-corrected chi connectivity index (χ1v) is 10.8. The fraction of sp³-hybridized carbons (Fsp3) is 0.739. The van der Waals surface area contributed by atoms with Crippen LogP contribution in [0.15, 0.2) is 12.1 Å². The van der Waals surface area contributed by atoms with Gasteiger partial charge in [0.25, 0.3) is 0 Å². The maximum absolute atomic E-state index is 6.36. The van der Waals surface area contributed by atoms with E-state index in [1.165, 1.54) is 49.7 Å². The number of hydrogen-bond acceptors (Lipinski definition) is 4. The van der Waals surface area contributed by atoms with E-state index in [0.29, 0.717) is 13.2 Å². The van der Waals surface area contributed by atoms with Gasteiger partial charge >= 0.3 is 0 Å². The predicted molar refractivity (Wildman–Crippen MR) is 101 cm³/mol. The zero-order chi connectivity index (χ0) is 18.0. The van der Waals surface area contributed by atoms with Crippen molar-refractivity contribution in [3.63, 3.8) is 0 Å². The molecular weight excluding hydrogens is 340 g/mol. The molecule has 0 N–H and O–H groups in total. The summed E-state index contributed by atoms with van der Waals surface area (Å²) in [6, 6.07) is 4.47. The van der Waals surface area contributed by atoms with E-state index >= 15 is 0 Å². The monoisotopic (exact) mass is 370 g/mol. The van der Waals surface area contributed by atoms with Crippen LogP contribution in [0.25, 0.3) is 0 Å². The highest BCUT2D eigenvalue weighted by Crippen LogP contribution is 2.63. The SMILES string of the molecule is Cc1cc(OCC2CO2)c(C23CC4CC(CC(C4)C2)C3)c(OCC2CO2)c1. The average molecular weight is 370 g/mol. The van der Waals surface area contributed by atoms with E-state index in [1.807, 2.05) is 0 Å². The summed E-state index contributed by atoms with van der Waals surface area (Å²) in [6.07, 6.45) is 8.84. The van der Waals surface area contributed by atoms with Crippen molar-refractivity contribution in [2.75, 3.05) is 26.4 Å². The molecule has 4 saturated carbocycles. The van der Waals surface area contributed by atoms with Gasteiger partial charge in [-0.25, -0.2) is 0 Å². The molecule has 2 aliphatic heterocycles. The third kappa shape index (κ3) is 3.15. The number of benzene rings is 1. The summed E-state index contributed by atoms with van der Waals surface area (Å²) in [5.74, 6) is 4.81. The molecule has 4 bridgehead atoms. The largest absolute Gasteiger partial charge is 0.490 e. The molecule has 27 heavy (non-hydrogen) atoms. The van der Waals surface area contributed by atoms with Crippen molar-refractivity contribution >= 4 is 0 Å². The Morgan fingerprint density at radius 2 is 1.30 bits per heavy atom. The average Bonchev–Trinajstić information content (AvgIpc) is 3.52. The molecule has 146 valence electrons. The lowest BCUT2D eigenvalue weighted by Crippen LogP contribution is -2.48. The summed E-state index contributed by atoms with van der Waals surface area (Å²) in [7, 11) is 0. The Morgan fingerprint density at radius 1 is 0.852 bits per heavy atom. The molecule has 1 aromatic rings. The zero-order valence-corrected chi connectivity index (χ0v) is 16.2. The van der Waals surface area contributed by atoms with Gasteiger partial charge < -0.3 is 18.9 Å². The number of rotatable bonds is 7. The first kappa shape index (κ1) is 16.7. The van der Waals surface area contributed by atoms with Crippen LogP contribution in [0.3, 0.4) is 0 Å². The number of ether oxygens (including phenoxy) is 4. The maximum Gasteiger partial charge on any atom is 0.127 e. The van der Waals surface area contributed by atoms with E-state index < -0.39 is 0 Å².